The molecule has 180 valence electrons. The molecule has 0 fully saturated rings. The Labute approximate surface area is 195 Å². The first-order valence-electron chi connectivity index (χ1n) is 11.0. The smallest absolute Gasteiger partial charge is 0.337 e. The summed E-state index contributed by atoms with van der Waals surface area (Å²) in [5.74, 6) is -2.71. The van der Waals surface area contributed by atoms with Crippen LogP contribution in [0.4, 0.5) is 5.69 Å². The number of methoxy groups -OCH3 is 1. The van der Waals surface area contributed by atoms with Gasteiger partial charge in [0.2, 0.25) is 0 Å². The standard InChI is InChI=1S/C25H33NO7/c1-9-31-23(27)22-20(24(28)32-14(2)3)16(6)26(18-10-12-19(30-8)13-11-18)17(7)21(22)25(29)33-15(4)5/h10-15,22H,9H2,1-8H3. The van der Waals surface area contributed by atoms with E-state index < -0.39 is 36.0 Å². The zero-order chi connectivity index (χ0) is 24.9. The maximum absolute atomic E-state index is 13.2. The lowest BCUT2D eigenvalue weighted by atomic mass is 9.84. The topological polar surface area (TPSA) is 91.4 Å². The van der Waals surface area contributed by atoms with Crippen molar-refractivity contribution in [2.45, 2.75) is 60.7 Å². The fourth-order valence-electron chi connectivity index (χ4n) is 3.72. The molecule has 1 heterocycles. The third-order valence-electron chi connectivity index (χ3n) is 5.01. The van der Waals surface area contributed by atoms with Crippen LogP contribution in [0.15, 0.2) is 46.8 Å². The SMILES string of the molecule is CCOC(=O)C1C(C(=O)OC(C)C)=C(C)N(c2ccc(OC)cc2)C(C)=C1C(=O)OC(C)C. The van der Waals surface area contributed by atoms with Crippen molar-refractivity contribution in [1.82, 2.24) is 0 Å². The van der Waals surface area contributed by atoms with Crippen LogP contribution in [0.1, 0.15) is 48.5 Å². The maximum atomic E-state index is 13.2. The Hall–Kier alpha value is -3.29. The molecular formula is C25H33NO7. The molecule has 0 atom stereocenters. The van der Waals surface area contributed by atoms with Crippen LogP contribution >= 0.6 is 0 Å². The number of rotatable bonds is 8. The Bertz CT molecular complexity index is 911. The molecule has 0 N–H and O–H groups in total. The first-order chi connectivity index (χ1) is 15.5. The van der Waals surface area contributed by atoms with Crippen molar-refractivity contribution >= 4 is 23.6 Å². The number of carbonyl (C=O) groups is 3. The van der Waals surface area contributed by atoms with Crippen LogP contribution in [-0.4, -0.2) is 43.8 Å². The van der Waals surface area contributed by atoms with E-state index in [-0.39, 0.29) is 17.8 Å². The molecule has 0 unspecified atom stereocenters. The summed E-state index contributed by atoms with van der Waals surface area (Å²) >= 11 is 0. The molecule has 0 spiro atoms. The number of ether oxygens (including phenoxy) is 4. The van der Waals surface area contributed by atoms with Crippen molar-refractivity contribution in [3.05, 3.63) is 46.8 Å². The lowest BCUT2D eigenvalue weighted by Gasteiger charge is -2.37. The fraction of sp³-hybridized carbons (Fsp3) is 0.480. The molecule has 1 aliphatic heterocycles. The highest BCUT2D eigenvalue weighted by molar-refractivity contribution is 6.07. The van der Waals surface area contributed by atoms with Crippen LogP contribution in [0, 0.1) is 5.92 Å². The first-order valence-corrected chi connectivity index (χ1v) is 11.0. The monoisotopic (exact) mass is 459 g/mol. The molecule has 0 saturated carbocycles. The van der Waals surface area contributed by atoms with Crippen LogP contribution in [0.5, 0.6) is 5.75 Å². The number of esters is 3. The first kappa shape index (κ1) is 26.0. The normalized spacial score (nSPS) is 14.7. The third kappa shape index (κ3) is 5.74. The summed E-state index contributed by atoms with van der Waals surface area (Å²) in [4.78, 5) is 41.2. The summed E-state index contributed by atoms with van der Waals surface area (Å²) in [6, 6.07) is 7.14. The highest BCUT2D eigenvalue weighted by Gasteiger charge is 2.45. The average molecular weight is 460 g/mol. The molecular weight excluding hydrogens is 426 g/mol. The number of anilines is 1. The molecule has 1 aliphatic rings. The third-order valence-corrected chi connectivity index (χ3v) is 5.01. The van der Waals surface area contributed by atoms with E-state index in [1.54, 1.807) is 84.7 Å². The van der Waals surface area contributed by atoms with Gasteiger partial charge in [-0.05, 0) is 72.7 Å². The molecule has 0 aromatic heterocycles. The number of allylic oxidation sites excluding steroid dienone is 2. The molecule has 0 aliphatic carbocycles. The summed E-state index contributed by atoms with van der Waals surface area (Å²) in [7, 11) is 1.57. The van der Waals surface area contributed by atoms with Crippen molar-refractivity contribution in [1.29, 1.82) is 0 Å². The summed E-state index contributed by atoms with van der Waals surface area (Å²) in [6.45, 7) is 12.0. The van der Waals surface area contributed by atoms with Crippen molar-refractivity contribution in [2.24, 2.45) is 5.92 Å². The second-order valence-corrected chi connectivity index (χ2v) is 8.12. The van der Waals surface area contributed by atoms with Gasteiger partial charge in [-0.2, -0.15) is 0 Å². The fourth-order valence-corrected chi connectivity index (χ4v) is 3.72. The molecule has 1 aromatic rings. The van der Waals surface area contributed by atoms with E-state index in [1.807, 2.05) is 0 Å². The lowest BCUT2D eigenvalue weighted by Crippen LogP contribution is -2.40. The summed E-state index contributed by atoms with van der Waals surface area (Å²) in [6.07, 6.45) is -0.846. The van der Waals surface area contributed by atoms with Gasteiger partial charge >= 0.3 is 17.9 Å². The van der Waals surface area contributed by atoms with Gasteiger partial charge in [0.25, 0.3) is 0 Å². The second kappa shape index (κ2) is 11.0. The van der Waals surface area contributed by atoms with E-state index >= 15 is 0 Å². The summed E-state index contributed by atoms with van der Waals surface area (Å²) < 4.78 is 21.4. The van der Waals surface area contributed by atoms with Crippen LogP contribution < -0.4 is 9.64 Å². The molecule has 0 saturated heterocycles. The minimum atomic E-state index is -1.27. The average Bonchev–Trinajstić information content (AvgIpc) is 2.72. The van der Waals surface area contributed by atoms with Crippen LogP contribution in [-0.2, 0) is 28.6 Å². The number of benzene rings is 1. The van der Waals surface area contributed by atoms with Gasteiger partial charge < -0.3 is 23.8 Å². The molecule has 8 nitrogen and oxygen atoms in total. The molecule has 2 rings (SSSR count). The van der Waals surface area contributed by atoms with Gasteiger partial charge in [-0.25, -0.2) is 9.59 Å². The minimum Gasteiger partial charge on any atom is -0.497 e. The molecule has 1 aromatic carbocycles. The second-order valence-electron chi connectivity index (χ2n) is 8.12. The largest absolute Gasteiger partial charge is 0.497 e. The number of hydrogen-bond acceptors (Lipinski definition) is 8. The predicted octanol–water partition coefficient (Wildman–Crippen LogP) is 4.15. The van der Waals surface area contributed by atoms with E-state index in [2.05, 4.69) is 0 Å². The highest BCUT2D eigenvalue weighted by atomic mass is 16.6. The van der Waals surface area contributed by atoms with Crippen LogP contribution in [0.2, 0.25) is 0 Å². The molecule has 0 bridgehead atoms. The van der Waals surface area contributed by atoms with Gasteiger partial charge in [0.1, 0.15) is 11.7 Å². The van der Waals surface area contributed by atoms with Crippen LogP contribution in [0.25, 0.3) is 0 Å². The van der Waals surface area contributed by atoms with Crippen molar-refractivity contribution in [3.63, 3.8) is 0 Å². The lowest BCUT2D eigenvalue weighted by molar-refractivity contribution is -0.153. The Kier molecular flexibility index (Phi) is 8.68. The van der Waals surface area contributed by atoms with Gasteiger partial charge in [-0.1, -0.05) is 0 Å². The van der Waals surface area contributed by atoms with E-state index in [4.69, 9.17) is 18.9 Å². The maximum Gasteiger partial charge on any atom is 0.337 e. The Morgan fingerprint density at radius 3 is 1.70 bits per heavy atom. The van der Waals surface area contributed by atoms with Gasteiger partial charge in [-0.15, -0.1) is 0 Å². The van der Waals surface area contributed by atoms with Gasteiger partial charge in [0, 0.05) is 17.1 Å². The van der Waals surface area contributed by atoms with Gasteiger partial charge in [0.15, 0.2) is 0 Å². The zero-order valence-electron chi connectivity index (χ0n) is 20.6. The Morgan fingerprint density at radius 2 is 1.33 bits per heavy atom. The van der Waals surface area contributed by atoms with E-state index in [0.29, 0.717) is 22.8 Å². The molecule has 8 heteroatoms. The summed E-state index contributed by atoms with van der Waals surface area (Å²) in [5, 5.41) is 0. The van der Waals surface area contributed by atoms with Gasteiger partial charge in [0.05, 0.1) is 37.1 Å². The highest BCUT2D eigenvalue weighted by Crippen LogP contribution is 2.40. The molecule has 0 radical (unpaired) electrons. The molecule has 33 heavy (non-hydrogen) atoms. The van der Waals surface area contributed by atoms with Crippen molar-refractivity contribution in [3.8, 4) is 5.75 Å². The van der Waals surface area contributed by atoms with Crippen LogP contribution in [0.3, 0.4) is 0 Å². The van der Waals surface area contributed by atoms with Crippen molar-refractivity contribution < 1.29 is 33.3 Å². The van der Waals surface area contributed by atoms with Gasteiger partial charge in [-0.3, -0.25) is 4.79 Å². The number of carbonyl (C=O) groups excluding carboxylic acids is 3. The molecule has 0 amide bonds. The van der Waals surface area contributed by atoms with E-state index in [9.17, 15) is 14.4 Å². The van der Waals surface area contributed by atoms with E-state index in [1.165, 1.54) is 0 Å². The Balaban J connectivity index is 2.79. The van der Waals surface area contributed by atoms with Crippen molar-refractivity contribution in [2.75, 3.05) is 18.6 Å². The Morgan fingerprint density at radius 1 is 0.879 bits per heavy atom. The number of hydrogen-bond donors (Lipinski definition) is 0. The number of nitrogens with zero attached hydrogens (tertiary/aromatic N) is 1. The van der Waals surface area contributed by atoms with E-state index in [0.717, 1.165) is 0 Å². The summed E-state index contributed by atoms with van der Waals surface area (Å²) in [5.41, 5.74) is 1.68. The minimum absolute atomic E-state index is 0.0410. The quantitative estimate of drug-likeness (QED) is 0.423. The predicted molar refractivity (Wildman–Crippen MR) is 123 cm³/mol. The zero-order valence-corrected chi connectivity index (χ0v) is 20.6.